The lowest BCUT2D eigenvalue weighted by molar-refractivity contribution is 0.0455. The Kier molecular flexibility index (Phi) is 4.50. The van der Waals surface area contributed by atoms with Gasteiger partial charge in [0.15, 0.2) is 0 Å². The second-order valence-electron chi connectivity index (χ2n) is 5.72. The summed E-state index contributed by atoms with van der Waals surface area (Å²) in [6.45, 7) is 7.23. The zero-order chi connectivity index (χ0) is 14.9. The van der Waals surface area contributed by atoms with Crippen molar-refractivity contribution in [3.63, 3.8) is 0 Å². The first-order chi connectivity index (χ1) is 9.42. The van der Waals surface area contributed by atoms with Gasteiger partial charge in [-0.1, -0.05) is 25.4 Å². The van der Waals surface area contributed by atoms with Crippen molar-refractivity contribution in [3.05, 3.63) is 22.8 Å². The fraction of sp³-hybridized carbons (Fsp3) is 0.571. The third-order valence-corrected chi connectivity index (χ3v) is 4.24. The van der Waals surface area contributed by atoms with Crippen molar-refractivity contribution in [2.24, 2.45) is 17.7 Å². The van der Waals surface area contributed by atoms with Gasteiger partial charge in [0, 0.05) is 18.2 Å². The number of piperidine rings is 1. The average molecular weight is 297 g/mol. The van der Waals surface area contributed by atoms with Gasteiger partial charge in [0.1, 0.15) is 11.0 Å². The van der Waals surface area contributed by atoms with Crippen molar-refractivity contribution in [1.82, 2.24) is 9.88 Å². The van der Waals surface area contributed by atoms with Gasteiger partial charge in [0.05, 0.1) is 0 Å². The lowest BCUT2D eigenvalue weighted by atomic mass is 9.85. The monoisotopic (exact) mass is 296 g/mol. The zero-order valence-electron chi connectivity index (χ0n) is 12.1. The lowest BCUT2D eigenvalue weighted by Crippen LogP contribution is -2.48. The highest BCUT2D eigenvalue weighted by molar-refractivity contribution is 6.29. The van der Waals surface area contributed by atoms with Crippen molar-refractivity contribution >= 4 is 23.3 Å². The number of nitrogens with zero attached hydrogens (tertiary/aromatic N) is 2. The molecule has 2 heterocycles. The van der Waals surface area contributed by atoms with Gasteiger partial charge in [-0.05, 0) is 37.3 Å². The SMILES string of the molecule is CC1CC(C)C(C)N(C(=O)c2cc(Cl)nc(NN)c2)C1. The number of hydrogen-bond acceptors (Lipinski definition) is 4. The Morgan fingerprint density at radius 1 is 1.45 bits per heavy atom. The number of amides is 1. The second kappa shape index (κ2) is 5.97. The van der Waals surface area contributed by atoms with Crippen molar-refractivity contribution in [2.75, 3.05) is 12.0 Å². The van der Waals surface area contributed by atoms with Crippen LogP contribution >= 0.6 is 11.6 Å². The number of carbonyl (C=O) groups excluding carboxylic acids is 1. The van der Waals surface area contributed by atoms with E-state index in [0.29, 0.717) is 23.2 Å². The number of hydrogen-bond donors (Lipinski definition) is 2. The van der Waals surface area contributed by atoms with Crippen molar-refractivity contribution in [1.29, 1.82) is 0 Å². The highest BCUT2D eigenvalue weighted by Gasteiger charge is 2.32. The smallest absolute Gasteiger partial charge is 0.254 e. The van der Waals surface area contributed by atoms with Gasteiger partial charge in [-0.2, -0.15) is 0 Å². The van der Waals surface area contributed by atoms with E-state index in [2.05, 4.69) is 31.2 Å². The number of aromatic nitrogens is 1. The first-order valence-electron chi connectivity index (χ1n) is 6.87. The van der Waals surface area contributed by atoms with Gasteiger partial charge in [0.2, 0.25) is 0 Å². The summed E-state index contributed by atoms with van der Waals surface area (Å²) < 4.78 is 0. The summed E-state index contributed by atoms with van der Waals surface area (Å²) in [6, 6.07) is 3.44. The van der Waals surface area contributed by atoms with E-state index >= 15 is 0 Å². The predicted octanol–water partition coefficient (Wildman–Crippen LogP) is 2.53. The van der Waals surface area contributed by atoms with Crippen LogP contribution in [0.2, 0.25) is 5.15 Å². The summed E-state index contributed by atoms with van der Waals surface area (Å²) in [5.74, 6) is 6.72. The van der Waals surface area contributed by atoms with Gasteiger partial charge in [-0.25, -0.2) is 10.8 Å². The molecule has 0 aliphatic carbocycles. The highest BCUT2D eigenvalue weighted by Crippen LogP contribution is 2.28. The molecular weight excluding hydrogens is 276 g/mol. The van der Waals surface area contributed by atoms with Crippen LogP contribution < -0.4 is 11.3 Å². The summed E-state index contributed by atoms with van der Waals surface area (Å²) in [7, 11) is 0. The molecule has 0 bridgehead atoms. The molecule has 1 amide bonds. The summed E-state index contributed by atoms with van der Waals surface area (Å²) in [4.78, 5) is 18.6. The molecule has 3 N–H and O–H groups in total. The Hall–Kier alpha value is -1.33. The quantitative estimate of drug-likeness (QED) is 0.500. The Labute approximate surface area is 124 Å². The maximum absolute atomic E-state index is 12.7. The molecule has 3 unspecified atom stereocenters. The van der Waals surface area contributed by atoms with E-state index in [1.807, 2.05) is 4.90 Å². The molecule has 0 aromatic carbocycles. The van der Waals surface area contributed by atoms with E-state index in [4.69, 9.17) is 17.4 Å². The van der Waals surface area contributed by atoms with E-state index in [-0.39, 0.29) is 17.1 Å². The van der Waals surface area contributed by atoms with Crippen LogP contribution in [-0.4, -0.2) is 28.4 Å². The first-order valence-corrected chi connectivity index (χ1v) is 7.25. The molecule has 0 saturated carbocycles. The Morgan fingerprint density at radius 3 is 2.80 bits per heavy atom. The van der Waals surface area contributed by atoms with Crippen LogP contribution in [-0.2, 0) is 0 Å². The molecule has 6 heteroatoms. The number of pyridine rings is 1. The summed E-state index contributed by atoms with van der Waals surface area (Å²) in [6.07, 6.45) is 1.15. The zero-order valence-corrected chi connectivity index (χ0v) is 12.8. The van der Waals surface area contributed by atoms with Crippen LogP contribution in [0.5, 0.6) is 0 Å². The molecule has 1 aliphatic heterocycles. The Morgan fingerprint density at radius 2 is 2.15 bits per heavy atom. The van der Waals surface area contributed by atoms with Gasteiger partial charge in [-0.15, -0.1) is 0 Å². The van der Waals surface area contributed by atoms with E-state index < -0.39 is 0 Å². The van der Waals surface area contributed by atoms with Crippen LogP contribution in [0.15, 0.2) is 12.1 Å². The first kappa shape index (κ1) is 15.1. The number of carbonyl (C=O) groups is 1. The van der Waals surface area contributed by atoms with Crippen LogP contribution in [0.4, 0.5) is 5.82 Å². The number of halogens is 1. The number of nitrogens with one attached hydrogen (secondary N) is 1. The Bertz CT molecular complexity index is 508. The van der Waals surface area contributed by atoms with Gasteiger partial charge < -0.3 is 10.3 Å². The molecular formula is C14H21ClN4O. The van der Waals surface area contributed by atoms with Gasteiger partial charge >= 0.3 is 0 Å². The second-order valence-corrected chi connectivity index (χ2v) is 6.11. The number of nitrogens with two attached hydrogens (primary N) is 1. The fourth-order valence-corrected chi connectivity index (χ4v) is 3.05. The Balaban J connectivity index is 2.28. The number of anilines is 1. The summed E-state index contributed by atoms with van der Waals surface area (Å²) >= 11 is 5.93. The molecule has 110 valence electrons. The molecule has 2 rings (SSSR count). The van der Waals surface area contributed by atoms with E-state index in [9.17, 15) is 4.79 Å². The highest BCUT2D eigenvalue weighted by atomic mass is 35.5. The van der Waals surface area contributed by atoms with Crippen molar-refractivity contribution < 1.29 is 4.79 Å². The summed E-state index contributed by atoms with van der Waals surface area (Å²) in [5.41, 5.74) is 2.95. The van der Waals surface area contributed by atoms with Crippen LogP contribution in [0.3, 0.4) is 0 Å². The molecule has 5 nitrogen and oxygen atoms in total. The van der Waals surface area contributed by atoms with Crippen LogP contribution in [0, 0.1) is 11.8 Å². The number of nitrogen functional groups attached to an aromatic ring is 1. The van der Waals surface area contributed by atoms with Gasteiger partial charge in [-0.3, -0.25) is 4.79 Å². The largest absolute Gasteiger partial charge is 0.335 e. The minimum Gasteiger partial charge on any atom is -0.335 e. The molecule has 3 atom stereocenters. The lowest BCUT2D eigenvalue weighted by Gasteiger charge is -2.41. The molecule has 0 spiro atoms. The molecule has 1 saturated heterocycles. The van der Waals surface area contributed by atoms with E-state index in [0.717, 1.165) is 13.0 Å². The molecule has 1 aromatic rings. The standard InChI is InChI=1S/C14H21ClN4O/c1-8-4-9(2)10(3)19(7-8)14(20)11-5-12(15)17-13(6-11)18-16/h5-6,8-10H,4,7,16H2,1-3H3,(H,17,18). The third kappa shape index (κ3) is 3.04. The molecule has 1 fully saturated rings. The minimum absolute atomic E-state index is 0.0169. The molecule has 1 aliphatic rings. The predicted molar refractivity (Wildman–Crippen MR) is 80.5 cm³/mol. The number of hydrazine groups is 1. The van der Waals surface area contributed by atoms with E-state index in [1.54, 1.807) is 12.1 Å². The maximum atomic E-state index is 12.7. The topological polar surface area (TPSA) is 71.2 Å². The normalized spacial score (nSPS) is 26.4. The molecule has 0 radical (unpaired) electrons. The number of rotatable bonds is 2. The maximum Gasteiger partial charge on any atom is 0.254 e. The molecule has 1 aromatic heterocycles. The fourth-order valence-electron chi connectivity index (χ4n) is 2.84. The summed E-state index contributed by atoms with van der Waals surface area (Å²) in [5, 5.41) is 0.259. The van der Waals surface area contributed by atoms with E-state index in [1.165, 1.54) is 0 Å². The number of likely N-dealkylation sites (tertiary alicyclic amines) is 1. The molecule has 20 heavy (non-hydrogen) atoms. The van der Waals surface area contributed by atoms with Crippen LogP contribution in [0.25, 0.3) is 0 Å². The van der Waals surface area contributed by atoms with Crippen LogP contribution in [0.1, 0.15) is 37.6 Å². The minimum atomic E-state index is -0.0169. The van der Waals surface area contributed by atoms with Crippen molar-refractivity contribution in [3.8, 4) is 0 Å². The van der Waals surface area contributed by atoms with Gasteiger partial charge in [0.25, 0.3) is 5.91 Å². The average Bonchev–Trinajstić information content (AvgIpc) is 2.41. The van der Waals surface area contributed by atoms with Crippen molar-refractivity contribution in [2.45, 2.75) is 33.2 Å². The third-order valence-electron chi connectivity index (χ3n) is 4.05.